The van der Waals surface area contributed by atoms with Crippen LogP contribution in [0.4, 0.5) is 0 Å². The highest BCUT2D eigenvalue weighted by Gasteiger charge is 2.40. The lowest BCUT2D eigenvalue weighted by Crippen LogP contribution is -2.44. The second-order valence-corrected chi connectivity index (χ2v) is 7.27. The number of rotatable bonds is 2. The molecule has 3 fully saturated rings. The van der Waals surface area contributed by atoms with E-state index in [1.165, 1.54) is 25.7 Å². The molecule has 0 radical (unpaired) electrons. The summed E-state index contributed by atoms with van der Waals surface area (Å²) in [6.07, 6.45) is 8.81. The number of hydrogen-bond acceptors (Lipinski definition) is 2. The van der Waals surface area contributed by atoms with Crippen molar-refractivity contribution >= 4 is 11.8 Å². The molecule has 0 unspecified atom stereocenters. The molecule has 2 heterocycles. The van der Waals surface area contributed by atoms with Gasteiger partial charge in [0, 0.05) is 32.1 Å². The van der Waals surface area contributed by atoms with Crippen molar-refractivity contribution in [1.29, 1.82) is 0 Å². The highest BCUT2D eigenvalue weighted by Crippen LogP contribution is 2.30. The van der Waals surface area contributed by atoms with Crippen molar-refractivity contribution in [3.05, 3.63) is 0 Å². The summed E-state index contributed by atoms with van der Waals surface area (Å²) in [7, 11) is 0. The quantitative estimate of drug-likeness (QED) is 0.784. The van der Waals surface area contributed by atoms with Crippen molar-refractivity contribution in [1.82, 2.24) is 9.80 Å². The predicted octanol–water partition coefficient (Wildman–Crippen LogP) is 2.43. The summed E-state index contributed by atoms with van der Waals surface area (Å²) in [5.74, 6) is 0.970. The Bertz CT molecular complexity index is 404. The molecule has 0 bridgehead atoms. The van der Waals surface area contributed by atoms with Crippen LogP contribution in [0, 0.1) is 11.8 Å². The summed E-state index contributed by atoms with van der Waals surface area (Å²) in [6, 6.07) is 0.407. The molecule has 21 heavy (non-hydrogen) atoms. The van der Waals surface area contributed by atoms with Crippen LogP contribution in [-0.2, 0) is 9.59 Å². The van der Waals surface area contributed by atoms with Crippen molar-refractivity contribution in [3.63, 3.8) is 0 Å². The number of hydrogen-bond donors (Lipinski definition) is 0. The summed E-state index contributed by atoms with van der Waals surface area (Å²) in [4.78, 5) is 29.0. The van der Waals surface area contributed by atoms with Gasteiger partial charge in [-0.15, -0.1) is 0 Å². The number of carbonyl (C=O) groups excluding carboxylic acids is 2. The average Bonchev–Trinajstić information content (AvgIpc) is 2.89. The van der Waals surface area contributed by atoms with Crippen molar-refractivity contribution in [3.8, 4) is 0 Å². The summed E-state index contributed by atoms with van der Waals surface area (Å²) in [5, 5.41) is 0. The minimum atomic E-state index is -0.0790. The third kappa shape index (κ3) is 3.24. The lowest BCUT2D eigenvalue weighted by molar-refractivity contribution is -0.137. The van der Waals surface area contributed by atoms with E-state index in [2.05, 4.69) is 6.92 Å². The van der Waals surface area contributed by atoms with Crippen LogP contribution >= 0.6 is 0 Å². The van der Waals surface area contributed by atoms with E-state index >= 15 is 0 Å². The lowest BCUT2D eigenvalue weighted by atomic mass is 9.94. The third-order valence-corrected chi connectivity index (χ3v) is 5.49. The normalized spacial score (nSPS) is 31.8. The molecule has 3 rings (SSSR count). The van der Waals surface area contributed by atoms with Crippen molar-refractivity contribution in [2.75, 3.05) is 19.6 Å². The highest BCUT2D eigenvalue weighted by molar-refractivity contribution is 5.89. The second kappa shape index (κ2) is 6.37. The van der Waals surface area contributed by atoms with Crippen LogP contribution in [0.2, 0.25) is 0 Å². The van der Waals surface area contributed by atoms with Crippen LogP contribution in [0.15, 0.2) is 0 Å². The molecule has 2 amide bonds. The van der Waals surface area contributed by atoms with Gasteiger partial charge < -0.3 is 9.80 Å². The fourth-order valence-electron chi connectivity index (χ4n) is 4.29. The van der Waals surface area contributed by atoms with Crippen molar-refractivity contribution < 1.29 is 9.59 Å². The zero-order chi connectivity index (χ0) is 14.8. The first-order valence-electron chi connectivity index (χ1n) is 8.73. The van der Waals surface area contributed by atoms with E-state index in [0.717, 1.165) is 32.4 Å². The van der Waals surface area contributed by atoms with Crippen molar-refractivity contribution in [2.45, 2.75) is 64.3 Å². The van der Waals surface area contributed by atoms with Crippen LogP contribution in [-0.4, -0.2) is 47.3 Å². The first-order valence-corrected chi connectivity index (χ1v) is 8.73. The van der Waals surface area contributed by atoms with Gasteiger partial charge in [0.15, 0.2) is 0 Å². The van der Waals surface area contributed by atoms with Crippen LogP contribution in [0.25, 0.3) is 0 Å². The largest absolute Gasteiger partial charge is 0.342 e. The molecular formula is C17H28N2O2. The molecule has 2 atom stereocenters. The fraction of sp³-hybridized carbons (Fsp3) is 0.882. The number of piperidine rings is 1. The first-order chi connectivity index (χ1) is 10.1. The maximum absolute atomic E-state index is 12.7. The zero-order valence-corrected chi connectivity index (χ0v) is 13.2. The summed E-state index contributed by atoms with van der Waals surface area (Å²) < 4.78 is 0. The van der Waals surface area contributed by atoms with Crippen LogP contribution in [0.5, 0.6) is 0 Å². The van der Waals surface area contributed by atoms with Gasteiger partial charge in [-0.1, -0.05) is 26.2 Å². The first kappa shape index (κ1) is 14.9. The molecule has 0 spiro atoms. The Balaban J connectivity index is 1.59. The molecule has 118 valence electrons. The molecule has 4 heteroatoms. The second-order valence-electron chi connectivity index (χ2n) is 7.27. The van der Waals surface area contributed by atoms with Gasteiger partial charge >= 0.3 is 0 Å². The van der Waals surface area contributed by atoms with E-state index in [9.17, 15) is 9.59 Å². The molecular weight excluding hydrogens is 264 g/mol. The molecule has 0 aromatic carbocycles. The molecule has 0 N–H and O–H groups in total. The van der Waals surface area contributed by atoms with Gasteiger partial charge in [-0.05, 0) is 31.6 Å². The Morgan fingerprint density at radius 3 is 2.52 bits per heavy atom. The van der Waals surface area contributed by atoms with Gasteiger partial charge in [0.25, 0.3) is 0 Å². The number of likely N-dealkylation sites (tertiary alicyclic amines) is 2. The summed E-state index contributed by atoms with van der Waals surface area (Å²) >= 11 is 0. The number of carbonyl (C=O) groups is 2. The Kier molecular flexibility index (Phi) is 4.51. The van der Waals surface area contributed by atoms with E-state index in [1.807, 2.05) is 9.80 Å². The average molecular weight is 292 g/mol. The van der Waals surface area contributed by atoms with Gasteiger partial charge in [0.2, 0.25) is 11.8 Å². The number of amides is 2. The van der Waals surface area contributed by atoms with E-state index in [4.69, 9.17) is 0 Å². The smallest absolute Gasteiger partial charge is 0.228 e. The van der Waals surface area contributed by atoms with Gasteiger partial charge in [-0.25, -0.2) is 0 Å². The zero-order valence-electron chi connectivity index (χ0n) is 13.2. The molecule has 3 aliphatic rings. The van der Waals surface area contributed by atoms with E-state index in [0.29, 0.717) is 24.9 Å². The maximum atomic E-state index is 12.7. The lowest BCUT2D eigenvalue weighted by Gasteiger charge is -2.34. The molecule has 1 saturated carbocycles. The molecule has 0 aromatic rings. The summed E-state index contributed by atoms with van der Waals surface area (Å²) in [5.41, 5.74) is 0. The highest BCUT2D eigenvalue weighted by atomic mass is 16.2. The molecule has 2 saturated heterocycles. The topological polar surface area (TPSA) is 40.6 Å². The molecule has 0 aromatic heterocycles. The van der Waals surface area contributed by atoms with Gasteiger partial charge in [-0.2, -0.15) is 0 Å². The van der Waals surface area contributed by atoms with E-state index in [-0.39, 0.29) is 17.7 Å². The van der Waals surface area contributed by atoms with E-state index < -0.39 is 0 Å². The Hall–Kier alpha value is -1.06. The predicted molar refractivity (Wildman–Crippen MR) is 81.7 cm³/mol. The maximum Gasteiger partial charge on any atom is 0.228 e. The minimum absolute atomic E-state index is 0.0790. The molecule has 1 aliphatic carbocycles. The van der Waals surface area contributed by atoms with Crippen LogP contribution < -0.4 is 0 Å². The Morgan fingerprint density at radius 1 is 1.05 bits per heavy atom. The Labute approximate surface area is 127 Å². The van der Waals surface area contributed by atoms with Gasteiger partial charge in [-0.3, -0.25) is 9.59 Å². The SMILES string of the molecule is C[C@@H]1CCCN(C(=O)[C@@H]2CC(=O)N(C3CCCCC3)C2)C1. The monoisotopic (exact) mass is 292 g/mol. The van der Waals surface area contributed by atoms with Gasteiger partial charge in [0.1, 0.15) is 0 Å². The standard InChI is InChI=1S/C17H28N2O2/c1-13-6-5-9-18(11-13)17(21)14-10-16(20)19(12-14)15-7-3-2-4-8-15/h13-15H,2-12H2,1H3/t13-,14-/m1/s1. The van der Waals surface area contributed by atoms with Crippen molar-refractivity contribution in [2.24, 2.45) is 11.8 Å². The molecule has 4 nitrogen and oxygen atoms in total. The van der Waals surface area contributed by atoms with E-state index in [1.54, 1.807) is 0 Å². The van der Waals surface area contributed by atoms with Gasteiger partial charge in [0.05, 0.1) is 5.92 Å². The third-order valence-electron chi connectivity index (χ3n) is 5.49. The molecule has 2 aliphatic heterocycles. The van der Waals surface area contributed by atoms with Crippen LogP contribution in [0.3, 0.4) is 0 Å². The Morgan fingerprint density at radius 2 is 1.81 bits per heavy atom. The summed E-state index contributed by atoms with van der Waals surface area (Å²) in [6.45, 7) is 4.66. The number of nitrogens with zero attached hydrogens (tertiary/aromatic N) is 2. The van der Waals surface area contributed by atoms with Crippen LogP contribution in [0.1, 0.15) is 58.3 Å². The minimum Gasteiger partial charge on any atom is -0.342 e. The fourth-order valence-corrected chi connectivity index (χ4v) is 4.29.